The highest BCUT2D eigenvalue weighted by atomic mass is 14.2. The Kier molecular flexibility index (Phi) is 4.36. The first kappa shape index (κ1) is 13.4. The molecule has 0 aromatic heterocycles. The molecule has 0 unspecified atom stereocenters. The summed E-state index contributed by atoms with van der Waals surface area (Å²) in [4.78, 5) is 0. The largest absolute Gasteiger partial charge is 0.192 e. The van der Waals surface area contributed by atoms with Crippen LogP contribution in [0.25, 0.3) is 0 Å². The van der Waals surface area contributed by atoms with E-state index in [1.807, 2.05) is 12.1 Å². The van der Waals surface area contributed by atoms with Crippen LogP contribution in [0.15, 0.2) is 54.6 Å². The topological polar surface area (TPSA) is 23.8 Å². The van der Waals surface area contributed by atoms with E-state index in [0.29, 0.717) is 11.8 Å². The third kappa shape index (κ3) is 3.45. The maximum absolute atomic E-state index is 8.88. The van der Waals surface area contributed by atoms with Crippen molar-refractivity contribution in [3.63, 3.8) is 0 Å². The van der Waals surface area contributed by atoms with Crippen molar-refractivity contribution in [1.29, 1.82) is 5.26 Å². The van der Waals surface area contributed by atoms with E-state index in [0.717, 1.165) is 12.0 Å². The Morgan fingerprint density at radius 2 is 1.47 bits per heavy atom. The predicted molar refractivity (Wildman–Crippen MR) is 78.9 cm³/mol. The normalized spacial score (nSPS) is 12.1. The van der Waals surface area contributed by atoms with Crippen molar-refractivity contribution in [3.8, 4) is 6.07 Å². The molecule has 0 bridgehead atoms. The van der Waals surface area contributed by atoms with E-state index in [9.17, 15) is 0 Å². The van der Waals surface area contributed by atoms with Gasteiger partial charge in [0, 0.05) is 5.92 Å². The number of nitriles is 1. The highest BCUT2D eigenvalue weighted by Gasteiger charge is 2.15. The fraction of sp³-hybridized carbons (Fsp3) is 0.278. The molecule has 19 heavy (non-hydrogen) atoms. The molecule has 0 radical (unpaired) electrons. The molecule has 0 aliphatic rings. The molecular formula is C18H19N. The highest BCUT2D eigenvalue weighted by molar-refractivity contribution is 5.37. The van der Waals surface area contributed by atoms with E-state index < -0.39 is 0 Å². The molecule has 1 nitrogen and oxygen atoms in total. The monoisotopic (exact) mass is 249 g/mol. The average molecular weight is 249 g/mol. The zero-order chi connectivity index (χ0) is 13.7. The molecule has 0 saturated carbocycles. The molecule has 1 atom stereocenters. The van der Waals surface area contributed by atoms with Gasteiger partial charge < -0.3 is 0 Å². The van der Waals surface area contributed by atoms with Gasteiger partial charge in [-0.3, -0.25) is 0 Å². The Bertz CT molecular complexity index is 546. The van der Waals surface area contributed by atoms with Crippen LogP contribution in [0.4, 0.5) is 0 Å². The van der Waals surface area contributed by atoms with Crippen LogP contribution in [0.3, 0.4) is 0 Å². The van der Waals surface area contributed by atoms with Gasteiger partial charge in [-0.25, -0.2) is 0 Å². The summed E-state index contributed by atoms with van der Waals surface area (Å²) < 4.78 is 0. The second-order valence-corrected chi connectivity index (χ2v) is 5.33. The molecule has 2 rings (SSSR count). The molecule has 0 aliphatic heterocycles. The van der Waals surface area contributed by atoms with Crippen LogP contribution in [0.2, 0.25) is 0 Å². The minimum absolute atomic E-state index is 0.411. The van der Waals surface area contributed by atoms with Gasteiger partial charge in [-0.2, -0.15) is 5.26 Å². The lowest BCUT2D eigenvalue weighted by molar-refractivity contribution is 0.541. The van der Waals surface area contributed by atoms with E-state index in [1.54, 1.807) is 0 Å². The summed E-state index contributed by atoms with van der Waals surface area (Å²) >= 11 is 0. The van der Waals surface area contributed by atoms with Crippen LogP contribution in [0.5, 0.6) is 0 Å². The quantitative estimate of drug-likeness (QED) is 0.768. The summed E-state index contributed by atoms with van der Waals surface area (Å²) in [6, 6.07) is 20.8. The van der Waals surface area contributed by atoms with Gasteiger partial charge in [-0.15, -0.1) is 0 Å². The van der Waals surface area contributed by atoms with E-state index in [-0.39, 0.29) is 0 Å². The first-order valence-electron chi connectivity index (χ1n) is 6.75. The van der Waals surface area contributed by atoms with Crippen molar-refractivity contribution in [2.24, 2.45) is 5.92 Å². The second kappa shape index (κ2) is 6.20. The van der Waals surface area contributed by atoms with Gasteiger partial charge in [0.1, 0.15) is 0 Å². The lowest BCUT2D eigenvalue weighted by Gasteiger charge is -2.20. The molecule has 96 valence electrons. The maximum atomic E-state index is 8.88. The van der Waals surface area contributed by atoms with Crippen LogP contribution in [-0.2, 0) is 0 Å². The van der Waals surface area contributed by atoms with Crippen LogP contribution in [0, 0.1) is 17.2 Å². The smallest absolute Gasteiger partial charge is 0.0991 e. The van der Waals surface area contributed by atoms with Crippen molar-refractivity contribution in [1.82, 2.24) is 0 Å². The van der Waals surface area contributed by atoms with Gasteiger partial charge in [0.25, 0.3) is 0 Å². The summed E-state index contributed by atoms with van der Waals surface area (Å²) in [5.74, 6) is 1.05. The first-order chi connectivity index (χ1) is 9.20. The van der Waals surface area contributed by atoms with Crippen LogP contribution in [0.1, 0.15) is 42.9 Å². The highest BCUT2D eigenvalue weighted by Crippen LogP contribution is 2.30. The number of hydrogen-bond acceptors (Lipinski definition) is 1. The molecule has 0 heterocycles. The van der Waals surface area contributed by atoms with E-state index in [1.165, 1.54) is 11.1 Å². The minimum atomic E-state index is 0.411. The molecule has 0 N–H and O–H groups in total. The number of rotatable bonds is 4. The van der Waals surface area contributed by atoms with Crippen molar-refractivity contribution < 1.29 is 0 Å². The molecule has 1 heteroatoms. The fourth-order valence-electron chi connectivity index (χ4n) is 2.41. The second-order valence-electron chi connectivity index (χ2n) is 5.33. The van der Waals surface area contributed by atoms with Gasteiger partial charge in [0.05, 0.1) is 11.6 Å². The average Bonchev–Trinajstić information content (AvgIpc) is 2.46. The Morgan fingerprint density at radius 1 is 0.895 bits per heavy atom. The molecule has 2 aromatic carbocycles. The third-order valence-electron chi connectivity index (χ3n) is 3.35. The Labute approximate surface area is 115 Å². The summed E-state index contributed by atoms with van der Waals surface area (Å²) in [6.07, 6.45) is 1.12. The van der Waals surface area contributed by atoms with Crippen molar-refractivity contribution in [2.75, 3.05) is 0 Å². The zero-order valence-electron chi connectivity index (χ0n) is 11.5. The molecule has 0 fully saturated rings. The van der Waals surface area contributed by atoms with Crippen molar-refractivity contribution >= 4 is 0 Å². The molecule has 0 aliphatic carbocycles. The fourth-order valence-corrected chi connectivity index (χ4v) is 2.41. The lowest BCUT2D eigenvalue weighted by Crippen LogP contribution is -2.05. The van der Waals surface area contributed by atoms with Crippen molar-refractivity contribution in [2.45, 2.75) is 26.2 Å². The Balaban J connectivity index is 2.34. The molecular weight excluding hydrogens is 230 g/mol. The van der Waals surface area contributed by atoms with Gasteiger partial charge in [0.2, 0.25) is 0 Å². The summed E-state index contributed by atoms with van der Waals surface area (Å²) in [5, 5.41) is 8.88. The number of hydrogen-bond donors (Lipinski definition) is 0. The Morgan fingerprint density at radius 3 is 2.00 bits per heavy atom. The SMILES string of the molecule is CC(C)C[C@H](c1ccccc1)c1ccc(C#N)cc1. The van der Waals surface area contributed by atoms with Gasteiger partial charge >= 0.3 is 0 Å². The third-order valence-corrected chi connectivity index (χ3v) is 3.35. The molecule has 2 aromatic rings. The molecule has 0 saturated heterocycles. The van der Waals surface area contributed by atoms with Crippen LogP contribution >= 0.6 is 0 Å². The maximum Gasteiger partial charge on any atom is 0.0991 e. The van der Waals surface area contributed by atoms with Crippen molar-refractivity contribution in [3.05, 3.63) is 71.3 Å². The van der Waals surface area contributed by atoms with E-state index in [4.69, 9.17) is 5.26 Å². The minimum Gasteiger partial charge on any atom is -0.192 e. The number of benzene rings is 2. The van der Waals surface area contributed by atoms with Crippen LogP contribution in [-0.4, -0.2) is 0 Å². The van der Waals surface area contributed by atoms with Crippen LogP contribution < -0.4 is 0 Å². The summed E-state index contributed by atoms with van der Waals surface area (Å²) in [5.41, 5.74) is 3.36. The first-order valence-corrected chi connectivity index (χ1v) is 6.75. The number of nitrogens with zero attached hydrogens (tertiary/aromatic N) is 1. The summed E-state index contributed by atoms with van der Waals surface area (Å²) in [6.45, 7) is 4.50. The van der Waals surface area contributed by atoms with Gasteiger partial charge in [-0.05, 0) is 35.6 Å². The van der Waals surface area contributed by atoms with E-state index in [2.05, 4.69) is 62.4 Å². The molecule has 0 amide bonds. The predicted octanol–water partition coefficient (Wildman–Crippen LogP) is 4.74. The van der Waals surface area contributed by atoms with E-state index >= 15 is 0 Å². The standard InChI is InChI=1S/C18H19N/c1-14(2)12-18(16-6-4-3-5-7-16)17-10-8-15(13-19)9-11-17/h3-11,14,18H,12H2,1-2H3/t18-/m1/s1. The summed E-state index contributed by atoms with van der Waals surface area (Å²) in [7, 11) is 0. The molecule has 0 spiro atoms. The van der Waals surface area contributed by atoms with Gasteiger partial charge in [-0.1, -0.05) is 56.3 Å². The Hall–Kier alpha value is -2.07. The van der Waals surface area contributed by atoms with Gasteiger partial charge in [0.15, 0.2) is 0 Å². The zero-order valence-corrected chi connectivity index (χ0v) is 11.5. The lowest BCUT2D eigenvalue weighted by atomic mass is 9.84.